The number of hydrogen-bond donors (Lipinski definition) is 0. The van der Waals surface area contributed by atoms with Crippen LogP contribution in [0.2, 0.25) is 0 Å². The number of carbonyl (C=O) groups excluding carboxylic acids is 1. The van der Waals surface area contributed by atoms with Crippen molar-refractivity contribution in [3.8, 4) is 0 Å². The normalized spacial score (nSPS) is 12.6. The van der Waals surface area contributed by atoms with Gasteiger partial charge in [0.2, 0.25) is 0 Å². The van der Waals surface area contributed by atoms with E-state index in [0.29, 0.717) is 0 Å². The molecular weight excluding hydrogens is 172 g/mol. The summed E-state index contributed by atoms with van der Waals surface area (Å²) < 4.78 is 0. The molecule has 1 nitrogen and oxygen atoms in total. The summed E-state index contributed by atoms with van der Waals surface area (Å²) in [6.45, 7) is 1.93. The van der Waals surface area contributed by atoms with Crippen LogP contribution < -0.4 is 0 Å². The summed E-state index contributed by atoms with van der Waals surface area (Å²) in [4.78, 5) is 10.7. The second-order valence-corrected chi connectivity index (χ2v) is 3.49. The molecule has 0 heterocycles. The molecule has 0 spiro atoms. The van der Waals surface area contributed by atoms with Gasteiger partial charge in [-0.25, -0.2) is 0 Å². The van der Waals surface area contributed by atoms with Gasteiger partial charge in [-0.05, 0) is 16.3 Å². The van der Waals surface area contributed by atoms with Gasteiger partial charge in [-0.2, -0.15) is 0 Å². The quantitative estimate of drug-likeness (QED) is 0.655. The molecule has 0 aliphatic rings. The molecule has 2 rings (SSSR count). The van der Waals surface area contributed by atoms with Gasteiger partial charge in [0.15, 0.2) is 0 Å². The van der Waals surface area contributed by atoms with Crippen molar-refractivity contribution in [2.75, 3.05) is 0 Å². The first kappa shape index (κ1) is 8.95. The topological polar surface area (TPSA) is 17.1 Å². The molecule has 0 radical (unpaired) electrons. The van der Waals surface area contributed by atoms with Crippen molar-refractivity contribution in [1.29, 1.82) is 0 Å². The summed E-state index contributed by atoms with van der Waals surface area (Å²) in [7, 11) is 0. The van der Waals surface area contributed by atoms with E-state index in [4.69, 9.17) is 0 Å². The Kier molecular flexibility index (Phi) is 2.32. The number of fused-ring (bicyclic) bond motifs is 1. The standard InChI is InChI=1S/C13H12O/c1-10(9-14)12-8-4-6-11-5-2-3-7-13(11)12/h2-10H,1H3/t10-/m0/s1. The van der Waals surface area contributed by atoms with Crippen LogP contribution in [-0.4, -0.2) is 6.29 Å². The first-order chi connectivity index (χ1) is 6.83. The Morgan fingerprint density at radius 3 is 2.57 bits per heavy atom. The highest BCUT2D eigenvalue weighted by Gasteiger charge is 2.06. The van der Waals surface area contributed by atoms with Gasteiger partial charge in [0, 0.05) is 5.92 Å². The highest BCUT2D eigenvalue weighted by molar-refractivity contribution is 5.88. The maximum atomic E-state index is 10.7. The zero-order chi connectivity index (χ0) is 9.97. The number of hydrogen-bond acceptors (Lipinski definition) is 1. The molecule has 0 N–H and O–H groups in total. The van der Waals surface area contributed by atoms with Crippen LogP contribution in [0.25, 0.3) is 10.8 Å². The SMILES string of the molecule is C[C@@H](C=O)c1cccc2ccccc12. The highest BCUT2D eigenvalue weighted by atomic mass is 16.1. The Morgan fingerprint density at radius 1 is 1.07 bits per heavy atom. The van der Waals surface area contributed by atoms with Crippen molar-refractivity contribution in [3.05, 3.63) is 48.0 Å². The largest absolute Gasteiger partial charge is 0.303 e. The highest BCUT2D eigenvalue weighted by Crippen LogP contribution is 2.23. The molecule has 0 fully saturated rings. The minimum Gasteiger partial charge on any atom is -0.303 e. The van der Waals surface area contributed by atoms with Crippen LogP contribution in [0.15, 0.2) is 42.5 Å². The first-order valence-corrected chi connectivity index (χ1v) is 4.76. The molecule has 0 bridgehead atoms. The summed E-state index contributed by atoms with van der Waals surface area (Å²) in [5.41, 5.74) is 1.11. The Morgan fingerprint density at radius 2 is 1.79 bits per heavy atom. The predicted molar refractivity (Wildman–Crippen MR) is 58.4 cm³/mol. The Bertz CT molecular complexity index is 454. The zero-order valence-electron chi connectivity index (χ0n) is 8.10. The molecule has 1 atom stereocenters. The summed E-state index contributed by atoms with van der Waals surface area (Å²) in [6.07, 6.45) is 0.988. The number of rotatable bonds is 2. The van der Waals surface area contributed by atoms with Gasteiger partial charge in [0.1, 0.15) is 6.29 Å². The average Bonchev–Trinajstić information content (AvgIpc) is 2.27. The van der Waals surface area contributed by atoms with E-state index in [0.717, 1.165) is 11.8 Å². The van der Waals surface area contributed by atoms with Crippen LogP contribution in [0.3, 0.4) is 0 Å². The lowest BCUT2D eigenvalue weighted by Crippen LogP contribution is -1.94. The molecule has 0 aromatic heterocycles. The lowest BCUT2D eigenvalue weighted by molar-refractivity contribution is -0.108. The summed E-state index contributed by atoms with van der Waals surface area (Å²) >= 11 is 0. The smallest absolute Gasteiger partial charge is 0.127 e. The lowest BCUT2D eigenvalue weighted by atomic mass is 9.96. The molecule has 0 aliphatic carbocycles. The van der Waals surface area contributed by atoms with E-state index in [1.54, 1.807) is 0 Å². The summed E-state index contributed by atoms with van der Waals surface area (Å²) in [5.74, 6) is -0.0268. The minimum atomic E-state index is -0.0268. The molecule has 14 heavy (non-hydrogen) atoms. The molecule has 2 aromatic rings. The van der Waals surface area contributed by atoms with E-state index in [2.05, 4.69) is 18.2 Å². The van der Waals surface area contributed by atoms with Crippen molar-refractivity contribution in [3.63, 3.8) is 0 Å². The van der Waals surface area contributed by atoms with E-state index in [-0.39, 0.29) is 5.92 Å². The molecule has 0 aliphatic heterocycles. The van der Waals surface area contributed by atoms with Crippen LogP contribution in [0.1, 0.15) is 18.4 Å². The molecule has 0 saturated heterocycles. The molecule has 70 valence electrons. The Labute approximate surface area is 83.4 Å². The molecule has 2 aromatic carbocycles. The van der Waals surface area contributed by atoms with E-state index in [1.165, 1.54) is 10.8 Å². The van der Waals surface area contributed by atoms with E-state index < -0.39 is 0 Å². The number of aldehydes is 1. The van der Waals surface area contributed by atoms with E-state index in [1.807, 2.05) is 31.2 Å². The summed E-state index contributed by atoms with van der Waals surface area (Å²) in [6, 6.07) is 14.2. The average molecular weight is 184 g/mol. The van der Waals surface area contributed by atoms with Crippen LogP contribution >= 0.6 is 0 Å². The van der Waals surface area contributed by atoms with Crippen LogP contribution in [-0.2, 0) is 4.79 Å². The number of carbonyl (C=O) groups is 1. The third kappa shape index (κ3) is 1.41. The van der Waals surface area contributed by atoms with Gasteiger partial charge in [-0.15, -0.1) is 0 Å². The van der Waals surface area contributed by atoms with Gasteiger partial charge >= 0.3 is 0 Å². The van der Waals surface area contributed by atoms with Gasteiger partial charge in [-0.1, -0.05) is 49.4 Å². The van der Waals surface area contributed by atoms with Crippen LogP contribution in [0.4, 0.5) is 0 Å². The van der Waals surface area contributed by atoms with Crippen molar-refractivity contribution in [2.24, 2.45) is 0 Å². The molecule has 0 amide bonds. The van der Waals surface area contributed by atoms with Gasteiger partial charge < -0.3 is 4.79 Å². The van der Waals surface area contributed by atoms with Crippen molar-refractivity contribution < 1.29 is 4.79 Å². The first-order valence-electron chi connectivity index (χ1n) is 4.76. The fourth-order valence-electron chi connectivity index (χ4n) is 1.72. The minimum absolute atomic E-state index is 0.0268. The molecule has 0 saturated carbocycles. The van der Waals surface area contributed by atoms with Crippen LogP contribution in [0.5, 0.6) is 0 Å². The monoisotopic (exact) mass is 184 g/mol. The second-order valence-electron chi connectivity index (χ2n) is 3.49. The maximum absolute atomic E-state index is 10.7. The predicted octanol–water partition coefficient (Wildman–Crippen LogP) is 3.14. The van der Waals surface area contributed by atoms with Gasteiger partial charge in [0.25, 0.3) is 0 Å². The van der Waals surface area contributed by atoms with Crippen molar-refractivity contribution >= 4 is 17.1 Å². The van der Waals surface area contributed by atoms with Gasteiger partial charge in [0.05, 0.1) is 0 Å². The second kappa shape index (κ2) is 3.62. The lowest BCUT2D eigenvalue weighted by Gasteiger charge is -2.08. The zero-order valence-corrected chi connectivity index (χ0v) is 8.10. The Hall–Kier alpha value is -1.63. The van der Waals surface area contributed by atoms with Crippen LogP contribution in [0, 0.1) is 0 Å². The van der Waals surface area contributed by atoms with Gasteiger partial charge in [-0.3, -0.25) is 0 Å². The Balaban J connectivity index is 2.70. The third-order valence-corrected chi connectivity index (χ3v) is 2.52. The molecule has 0 unspecified atom stereocenters. The van der Waals surface area contributed by atoms with Crippen molar-refractivity contribution in [1.82, 2.24) is 0 Å². The van der Waals surface area contributed by atoms with Crippen molar-refractivity contribution in [2.45, 2.75) is 12.8 Å². The third-order valence-electron chi connectivity index (χ3n) is 2.52. The van der Waals surface area contributed by atoms with E-state index >= 15 is 0 Å². The maximum Gasteiger partial charge on any atom is 0.127 e. The number of benzene rings is 2. The molecular formula is C13H12O. The summed E-state index contributed by atoms with van der Waals surface area (Å²) in [5, 5.41) is 2.37. The fraction of sp³-hybridized carbons (Fsp3) is 0.154. The molecule has 1 heteroatoms. The fourth-order valence-corrected chi connectivity index (χ4v) is 1.72. The van der Waals surface area contributed by atoms with E-state index in [9.17, 15) is 4.79 Å².